The van der Waals surface area contributed by atoms with Crippen molar-refractivity contribution in [1.82, 2.24) is 4.57 Å². The Morgan fingerprint density at radius 3 is 2.00 bits per heavy atom. The number of nitrogens with zero attached hydrogens (tertiary/aromatic N) is 2. The van der Waals surface area contributed by atoms with Crippen molar-refractivity contribution < 1.29 is 36.2 Å². The maximum absolute atomic E-state index is 14.4. The molecule has 1 atom stereocenters. The predicted molar refractivity (Wildman–Crippen MR) is 180 cm³/mol. The highest BCUT2D eigenvalue weighted by Crippen LogP contribution is 2.46. The van der Waals surface area contributed by atoms with Crippen LogP contribution in [0.25, 0.3) is 49.7 Å². The Kier molecular flexibility index (Phi) is 7.13. The first-order valence-electron chi connectivity index (χ1n) is 15.5. The van der Waals surface area contributed by atoms with E-state index in [4.69, 9.17) is 0 Å². The van der Waals surface area contributed by atoms with Crippen LogP contribution in [-0.2, 0) is 12.4 Å². The Labute approximate surface area is 281 Å². The van der Waals surface area contributed by atoms with Crippen LogP contribution in [0.4, 0.5) is 32.0 Å². The fourth-order valence-electron chi connectivity index (χ4n) is 6.96. The molecule has 6 aromatic carbocycles. The predicted octanol–water partition coefficient (Wildman–Crippen LogP) is 10.8. The lowest BCUT2D eigenvalue weighted by atomic mass is 9.95. The molecule has 1 unspecified atom stereocenters. The normalized spacial score (nSPS) is 14.9. The number of benzene rings is 6. The smallest absolute Gasteiger partial charge is 0.369 e. The maximum Gasteiger partial charge on any atom is 0.417 e. The molecule has 1 aliphatic rings. The molecular weight excluding hydrogens is 654 g/mol. The zero-order valence-corrected chi connectivity index (χ0v) is 25.8. The molecule has 1 amide bonds. The number of para-hydroxylation sites is 2. The van der Waals surface area contributed by atoms with Gasteiger partial charge < -0.3 is 9.67 Å². The molecule has 50 heavy (non-hydrogen) atoms. The molecule has 0 radical (unpaired) electrons. The molecule has 10 heteroatoms. The first-order chi connectivity index (χ1) is 23.9. The summed E-state index contributed by atoms with van der Waals surface area (Å²) < 4.78 is 84.4. The molecule has 248 valence electrons. The molecule has 0 spiro atoms. The molecule has 0 aliphatic carbocycles. The number of aliphatic hydroxyl groups is 1. The number of alkyl halides is 6. The van der Waals surface area contributed by atoms with Gasteiger partial charge in [0.1, 0.15) is 0 Å². The van der Waals surface area contributed by atoms with Gasteiger partial charge in [-0.15, -0.1) is 0 Å². The number of aromatic nitrogens is 1. The number of hydrogen-bond donors (Lipinski definition) is 1. The van der Waals surface area contributed by atoms with Gasteiger partial charge in [0.2, 0.25) is 0 Å². The lowest BCUT2D eigenvalue weighted by Gasteiger charge is -2.24. The van der Waals surface area contributed by atoms with Gasteiger partial charge in [0.15, 0.2) is 6.23 Å². The molecule has 7 aromatic rings. The summed E-state index contributed by atoms with van der Waals surface area (Å²) in [6.07, 6.45) is -11.3. The summed E-state index contributed by atoms with van der Waals surface area (Å²) in [4.78, 5) is 15.8. The van der Waals surface area contributed by atoms with E-state index in [0.29, 0.717) is 44.8 Å². The number of carbonyl (C=O) groups excluding carboxylic acids is 1. The Bertz CT molecular complexity index is 2470. The average Bonchev–Trinajstić information content (AvgIpc) is 3.57. The number of halogens is 6. The number of aliphatic hydroxyl groups excluding tert-OH is 1. The molecule has 8 rings (SSSR count). The second-order valence-electron chi connectivity index (χ2n) is 12.0. The summed E-state index contributed by atoms with van der Waals surface area (Å²) in [7, 11) is 0. The standard InChI is InChI=1S/C40H24F6N2O2/c41-39(42,43)25-18-19-26(31(22-25)40(44,45)46)24-17-20-34-30(21-24)28-12-5-7-15-33(28)47(34)35-16-8-13-29-36(35)38(50)48(37(29)49)32-14-6-4-11-27(32)23-9-2-1-3-10-23/h1-22,37,49H. The minimum absolute atomic E-state index is 0.0786. The minimum atomic E-state index is -5.05. The fourth-order valence-corrected chi connectivity index (χ4v) is 6.96. The molecule has 0 saturated heterocycles. The van der Waals surface area contributed by atoms with Crippen molar-refractivity contribution in [2.45, 2.75) is 18.6 Å². The van der Waals surface area contributed by atoms with Crippen molar-refractivity contribution in [2.24, 2.45) is 0 Å². The number of anilines is 1. The van der Waals surface area contributed by atoms with Gasteiger partial charge in [-0.1, -0.05) is 91.0 Å². The Morgan fingerprint density at radius 1 is 0.560 bits per heavy atom. The van der Waals surface area contributed by atoms with Gasteiger partial charge in [0, 0.05) is 21.9 Å². The van der Waals surface area contributed by atoms with Gasteiger partial charge in [-0.2, -0.15) is 26.3 Å². The maximum atomic E-state index is 14.4. The van der Waals surface area contributed by atoms with Crippen LogP contribution in [0, 0.1) is 0 Å². The first-order valence-corrected chi connectivity index (χ1v) is 15.5. The van der Waals surface area contributed by atoms with Crippen LogP contribution < -0.4 is 4.90 Å². The number of hydrogen-bond acceptors (Lipinski definition) is 2. The zero-order chi connectivity index (χ0) is 34.9. The van der Waals surface area contributed by atoms with Crippen LogP contribution in [-0.4, -0.2) is 15.6 Å². The van der Waals surface area contributed by atoms with E-state index in [1.807, 2.05) is 53.1 Å². The molecular formula is C40H24F6N2O2. The highest BCUT2D eigenvalue weighted by molar-refractivity contribution is 6.16. The van der Waals surface area contributed by atoms with E-state index in [-0.39, 0.29) is 17.2 Å². The molecule has 1 N–H and O–H groups in total. The highest BCUT2D eigenvalue weighted by Gasteiger charge is 2.41. The van der Waals surface area contributed by atoms with E-state index in [1.165, 1.54) is 17.0 Å². The molecule has 1 aliphatic heterocycles. The van der Waals surface area contributed by atoms with Gasteiger partial charge in [0.05, 0.1) is 39.1 Å². The van der Waals surface area contributed by atoms with Crippen molar-refractivity contribution >= 4 is 33.4 Å². The van der Waals surface area contributed by atoms with Gasteiger partial charge >= 0.3 is 12.4 Å². The van der Waals surface area contributed by atoms with E-state index in [1.54, 1.807) is 54.6 Å². The van der Waals surface area contributed by atoms with E-state index >= 15 is 0 Å². The molecule has 0 saturated carbocycles. The zero-order valence-electron chi connectivity index (χ0n) is 25.8. The number of carbonyl (C=O) groups is 1. The number of rotatable bonds is 4. The topological polar surface area (TPSA) is 45.5 Å². The summed E-state index contributed by atoms with van der Waals surface area (Å²) in [6, 6.07) is 35.3. The summed E-state index contributed by atoms with van der Waals surface area (Å²) in [5.74, 6) is -0.436. The summed E-state index contributed by atoms with van der Waals surface area (Å²) in [5, 5.41) is 12.8. The third-order valence-electron chi connectivity index (χ3n) is 9.16. The van der Waals surface area contributed by atoms with Crippen LogP contribution in [0.15, 0.2) is 133 Å². The fraction of sp³-hybridized carbons (Fsp3) is 0.0750. The summed E-state index contributed by atoms with van der Waals surface area (Å²) in [6.45, 7) is 0. The Morgan fingerprint density at radius 2 is 1.24 bits per heavy atom. The van der Waals surface area contributed by atoms with E-state index < -0.39 is 41.2 Å². The number of fused-ring (bicyclic) bond motifs is 4. The largest absolute Gasteiger partial charge is 0.417 e. The van der Waals surface area contributed by atoms with E-state index in [0.717, 1.165) is 17.2 Å². The van der Waals surface area contributed by atoms with Crippen molar-refractivity contribution in [1.29, 1.82) is 0 Å². The lowest BCUT2D eigenvalue weighted by molar-refractivity contribution is -0.142. The first kappa shape index (κ1) is 31.4. The SMILES string of the molecule is O=C1c2c(cccc2-n2c3ccccc3c3cc(-c4ccc(C(F)(F)F)cc4C(F)(F)F)ccc32)C(O)N1c1ccccc1-c1ccccc1. The van der Waals surface area contributed by atoms with Crippen molar-refractivity contribution in [3.05, 3.63) is 156 Å². The number of amides is 1. The monoisotopic (exact) mass is 678 g/mol. The van der Waals surface area contributed by atoms with Gasteiger partial charge in [-0.3, -0.25) is 9.69 Å². The van der Waals surface area contributed by atoms with Gasteiger partial charge in [0.25, 0.3) is 5.91 Å². The van der Waals surface area contributed by atoms with Crippen molar-refractivity contribution in [3.63, 3.8) is 0 Å². The summed E-state index contributed by atoms with van der Waals surface area (Å²) in [5.41, 5.74) is 1.32. The van der Waals surface area contributed by atoms with Gasteiger partial charge in [-0.05, 0) is 59.2 Å². The molecule has 2 heterocycles. The highest BCUT2D eigenvalue weighted by atomic mass is 19.4. The third-order valence-corrected chi connectivity index (χ3v) is 9.16. The Balaban J connectivity index is 1.30. The molecule has 4 nitrogen and oxygen atoms in total. The van der Waals surface area contributed by atoms with Crippen LogP contribution in [0.1, 0.15) is 33.3 Å². The third kappa shape index (κ3) is 4.94. The van der Waals surface area contributed by atoms with E-state index in [9.17, 15) is 36.2 Å². The minimum Gasteiger partial charge on any atom is -0.369 e. The molecule has 1 aromatic heterocycles. The molecule has 0 bridgehead atoms. The van der Waals surface area contributed by atoms with E-state index in [2.05, 4.69) is 0 Å². The van der Waals surface area contributed by atoms with Crippen LogP contribution >= 0.6 is 0 Å². The van der Waals surface area contributed by atoms with Crippen LogP contribution in [0.2, 0.25) is 0 Å². The second-order valence-corrected chi connectivity index (χ2v) is 12.0. The van der Waals surface area contributed by atoms with Crippen molar-refractivity contribution in [2.75, 3.05) is 4.90 Å². The average molecular weight is 679 g/mol. The van der Waals surface area contributed by atoms with Crippen LogP contribution in [0.3, 0.4) is 0 Å². The second kappa shape index (κ2) is 11.3. The lowest BCUT2D eigenvalue weighted by Crippen LogP contribution is -2.28. The van der Waals surface area contributed by atoms with Crippen LogP contribution in [0.5, 0.6) is 0 Å². The Hall–Kier alpha value is -5.87. The van der Waals surface area contributed by atoms with Crippen molar-refractivity contribution in [3.8, 4) is 27.9 Å². The molecule has 0 fully saturated rings. The van der Waals surface area contributed by atoms with Gasteiger partial charge in [-0.25, -0.2) is 0 Å². The summed E-state index contributed by atoms with van der Waals surface area (Å²) >= 11 is 0. The quantitative estimate of drug-likeness (QED) is 0.188.